The highest BCUT2D eigenvalue weighted by molar-refractivity contribution is 7.17. The summed E-state index contributed by atoms with van der Waals surface area (Å²) in [5, 5.41) is 1.46. The number of hydrogen-bond donors (Lipinski definition) is 0. The molecule has 0 spiro atoms. The molecule has 1 aromatic carbocycles. The zero-order valence-corrected chi connectivity index (χ0v) is 7.21. The van der Waals surface area contributed by atoms with E-state index in [9.17, 15) is 8.78 Å². The lowest BCUT2D eigenvalue weighted by Crippen LogP contribution is -1.80. The van der Waals surface area contributed by atoms with Crippen molar-refractivity contribution in [2.75, 3.05) is 0 Å². The molecule has 2 aromatic rings. The van der Waals surface area contributed by atoms with E-state index in [4.69, 9.17) is 0 Å². The maximum absolute atomic E-state index is 13.0. The molecule has 0 saturated heterocycles. The first-order valence-corrected chi connectivity index (χ1v) is 4.40. The van der Waals surface area contributed by atoms with Crippen molar-refractivity contribution in [3.8, 4) is 0 Å². The summed E-state index contributed by atoms with van der Waals surface area (Å²) in [6.07, 6.45) is 0. The first kappa shape index (κ1) is 7.68. The first-order valence-electron chi connectivity index (χ1n) is 3.52. The quantitative estimate of drug-likeness (QED) is 0.588. The molecule has 0 aliphatic rings. The van der Waals surface area contributed by atoms with Crippen molar-refractivity contribution >= 4 is 21.4 Å². The molecule has 0 fully saturated rings. The standard InChI is InChI=1S/C9H6F2S/c1-5-2-3-6(10)8-7(11)4-12-9(5)8/h2-4H,1H3. The minimum atomic E-state index is -0.477. The number of fused-ring (bicyclic) bond motifs is 1. The van der Waals surface area contributed by atoms with Gasteiger partial charge >= 0.3 is 0 Å². The van der Waals surface area contributed by atoms with Crippen LogP contribution in [-0.4, -0.2) is 0 Å². The van der Waals surface area contributed by atoms with E-state index in [1.165, 1.54) is 22.8 Å². The van der Waals surface area contributed by atoms with Crippen molar-refractivity contribution < 1.29 is 8.78 Å². The van der Waals surface area contributed by atoms with Crippen LogP contribution in [0.1, 0.15) is 5.56 Å². The summed E-state index contributed by atoms with van der Waals surface area (Å²) in [5.74, 6) is -0.939. The van der Waals surface area contributed by atoms with Crippen molar-refractivity contribution in [1.29, 1.82) is 0 Å². The maximum Gasteiger partial charge on any atom is 0.144 e. The number of aryl methyl sites for hydroxylation is 1. The van der Waals surface area contributed by atoms with Gasteiger partial charge in [0.2, 0.25) is 0 Å². The summed E-state index contributed by atoms with van der Waals surface area (Å²) in [4.78, 5) is 0. The lowest BCUT2D eigenvalue weighted by molar-refractivity contribution is 0.611. The molecule has 0 aliphatic heterocycles. The highest BCUT2D eigenvalue weighted by atomic mass is 32.1. The molecule has 0 bridgehead atoms. The van der Waals surface area contributed by atoms with Crippen molar-refractivity contribution in [2.24, 2.45) is 0 Å². The maximum atomic E-state index is 13.0. The molecule has 0 saturated carbocycles. The average Bonchev–Trinajstić information content (AvgIpc) is 2.42. The summed E-state index contributed by atoms with van der Waals surface area (Å²) in [6.45, 7) is 1.84. The summed E-state index contributed by atoms with van der Waals surface area (Å²) in [7, 11) is 0. The molecule has 0 aliphatic carbocycles. The fourth-order valence-corrected chi connectivity index (χ4v) is 2.11. The molecule has 0 atom stereocenters. The lowest BCUT2D eigenvalue weighted by atomic mass is 10.2. The molecular weight excluding hydrogens is 178 g/mol. The molecule has 1 aromatic heterocycles. The van der Waals surface area contributed by atoms with E-state index < -0.39 is 11.6 Å². The van der Waals surface area contributed by atoms with Crippen LogP contribution in [0, 0.1) is 18.6 Å². The lowest BCUT2D eigenvalue weighted by Gasteiger charge is -1.95. The Hall–Kier alpha value is -0.960. The Morgan fingerprint density at radius 3 is 2.58 bits per heavy atom. The van der Waals surface area contributed by atoms with Gasteiger partial charge in [-0.15, -0.1) is 11.3 Å². The van der Waals surface area contributed by atoms with Crippen LogP contribution in [0.4, 0.5) is 8.78 Å². The predicted molar refractivity (Wildman–Crippen MR) is 46.5 cm³/mol. The molecule has 0 unspecified atom stereocenters. The Balaban J connectivity index is 2.98. The average molecular weight is 184 g/mol. The summed E-state index contributed by atoms with van der Waals surface area (Å²) in [5.41, 5.74) is 0.917. The summed E-state index contributed by atoms with van der Waals surface area (Å²) < 4.78 is 26.7. The van der Waals surface area contributed by atoms with E-state index in [0.29, 0.717) is 4.70 Å². The molecule has 2 rings (SSSR count). The first-order chi connectivity index (χ1) is 5.70. The van der Waals surface area contributed by atoms with Gasteiger partial charge in [-0.05, 0) is 18.6 Å². The molecule has 0 radical (unpaired) electrons. The monoisotopic (exact) mass is 184 g/mol. The van der Waals surface area contributed by atoms with E-state index in [2.05, 4.69) is 0 Å². The van der Waals surface area contributed by atoms with Crippen LogP contribution in [0.15, 0.2) is 17.5 Å². The topological polar surface area (TPSA) is 0 Å². The Morgan fingerprint density at radius 2 is 1.92 bits per heavy atom. The Bertz CT molecular complexity index is 431. The third-order valence-electron chi connectivity index (χ3n) is 1.82. The normalized spacial score (nSPS) is 10.9. The van der Waals surface area contributed by atoms with Crippen molar-refractivity contribution in [3.05, 3.63) is 34.7 Å². The molecule has 0 N–H and O–H groups in total. The van der Waals surface area contributed by atoms with Crippen LogP contribution in [0.5, 0.6) is 0 Å². The van der Waals surface area contributed by atoms with Crippen LogP contribution < -0.4 is 0 Å². The Labute approximate surface area is 72.4 Å². The molecular formula is C9H6F2S. The van der Waals surface area contributed by atoms with Gasteiger partial charge in [0, 0.05) is 10.1 Å². The summed E-state index contributed by atoms with van der Waals surface area (Å²) >= 11 is 1.24. The van der Waals surface area contributed by atoms with Crippen LogP contribution in [0.3, 0.4) is 0 Å². The fourth-order valence-electron chi connectivity index (χ4n) is 1.21. The third kappa shape index (κ3) is 0.932. The van der Waals surface area contributed by atoms with Gasteiger partial charge in [0.1, 0.15) is 11.6 Å². The predicted octanol–water partition coefficient (Wildman–Crippen LogP) is 3.49. The number of hydrogen-bond acceptors (Lipinski definition) is 1. The van der Waals surface area contributed by atoms with Gasteiger partial charge in [0.05, 0.1) is 5.39 Å². The van der Waals surface area contributed by atoms with E-state index in [1.54, 1.807) is 6.07 Å². The minimum Gasteiger partial charge on any atom is -0.206 e. The van der Waals surface area contributed by atoms with Crippen molar-refractivity contribution in [1.82, 2.24) is 0 Å². The molecule has 1 heterocycles. The Kier molecular flexibility index (Phi) is 1.61. The van der Waals surface area contributed by atoms with E-state index in [-0.39, 0.29) is 5.39 Å². The van der Waals surface area contributed by atoms with Crippen LogP contribution >= 0.6 is 11.3 Å². The van der Waals surface area contributed by atoms with E-state index >= 15 is 0 Å². The largest absolute Gasteiger partial charge is 0.206 e. The van der Waals surface area contributed by atoms with Gasteiger partial charge in [-0.25, -0.2) is 8.78 Å². The van der Waals surface area contributed by atoms with Crippen molar-refractivity contribution in [3.63, 3.8) is 0 Å². The van der Waals surface area contributed by atoms with Gasteiger partial charge in [-0.1, -0.05) is 6.07 Å². The highest BCUT2D eigenvalue weighted by Crippen LogP contribution is 2.29. The molecule has 62 valence electrons. The fraction of sp³-hybridized carbons (Fsp3) is 0.111. The zero-order chi connectivity index (χ0) is 8.72. The molecule has 12 heavy (non-hydrogen) atoms. The third-order valence-corrected chi connectivity index (χ3v) is 2.91. The van der Waals surface area contributed by atoms with E-state index in [1.807, 2.05) is 6.92 Å². The smallest absolute Gasteiger partial charge is 0.144 e. The van der Waals surface area contributed by atoms with Gasteiger partial charge in [0.15, 0.2) is 0 Å². The second-order valence-electron chi connectivity index (χ2n) is 2.65. The SMILES string of the molecule is Cc1ccc(F)c2c(F)csc12. The number of rotatable bonds is 0. The van der Waals surface area contributed by atoms with Gasteiger partial charge < -0.3 is 0 Å². The van der Waals surface area contributed by atoms with Gasteiger partial charge in [0.25, 0.3) is 0 Å². The Morgan fingerprint density at radius 1 is 1.17 bits per heavy atom. The number of benzene rings is 1. The summed E-state index contributed by atoms with van der Waals surface area (Å²) in [6, 6.07) is 2.96. The van der Waals surface area contributed by atoms with Crippen LogP contribution in [-0.2, 0) is 0 Å². The molecule has 0 amide bonds. The molecule has 3 heteroatoms. The highest BCUT2D eigenvalue weighted by Gasteiger charge is 2.09. The van der Waals surface area contributed by atoms with Crippen LogP contribution in [0.2, 0.25) is 0 Å². The van der Waals surface area contributed by atoms with Gasteiger partial charge in [-0.3, -0.25) is 0 Å². The van der Waals surface area contributed by atoms with E-state index in [0.717, 1.165) is 5.56 Å². The van der Waals surface area contributed by atoms with Crippen LogP contribution in [0.25, 0.3) is 10.1 Å². The van der Waals surface area contributed by atoms with Crippen molar-refractivity contribution in [2.45, 2.75) is 6.92 Å². The number of halogens is 2. The molecule has 0 nitrogen and oxygen atoms in total. The zero-order valence-electron chi connectivity index (χ0n) is 6.40. The second kappa shape index (κ2) is 2.52. The minimum absolute atomic E-state index is 0.125. The number of thiophene rings is 1. The second-order valence-corrected chi connectivity index (χ2v) is 3.53. The van der Waals surface area contributed by atoms with Gasteiger partial charge in [-0.2, -0.15) is 0 Å².